The fourth-order valence-electron chi connectivity index (χ4n) is 3.27. The van der Waals surface area contributed by atoms with Gasteiger partial charge in [-0.15, -0.1) is 0 Å². The van der Waals surface area contributed by atoms with Crippen LogP contribution in [0.4, 0.5) is 5.82 Å². The average molecular weight is 451 g/mol. The molecule has 3 heterocycles. The lowest BCUT2D eigenvalue weighted by atomic mass is 10.2. The second-order valence-electron chi connectivity index (χ2n) is 7.05. The number of aromatic nitrogens is 5. The zero-order chi connectivity index (χ0) is 22.5. The van der Waals surface area contributed by atoms with Gasteiger partial charge in [-0.25, -0.2) is 9.97 Å². The van der Waals surface area contributed by atoms with E-state index in [1.165, 1.54) is 18.1 Å². The van der Waals surface area contributed by atoms with E-state index in [0.29, 0.717) is 11.4 Å². The third-order valence-corrected chi connectivity index (χ3v) is 5.91. The number of hydrogen-bond acceptors (Lipinski definition) is 6. The summed E-state index contributed by atoms with van der Waals surface area (Å²) in [7, 11) is 0. The summed E-state index contributed by atoms with van der Waals surface area (Å²) in [5.74, 6) is 0.237. The maximum absolute atomic E-state index is 12.8. The van der Waals surface area contributed by atoms with Crippen LogP contribution in [-0.4, -0.2) is 31.1 Å². The second kappa shape index (κ2) is 9.46. The molecule has 160 valence electrons. The predicted octanol–water partition coefficient (Wildman–Crippen LogP) is 5.32. The van der Waals surface area contributed by atoms with Crippen LogP contribution in [-0.2, 0) is 0 Å². The third-order valence-electron chi connectivity index (χ3n) is 4.85. The van der Waals surface area contributed by atoms with Crippen molar-refractivity contribution < 1.29 is 4.79 Å². The summed E-state index contributed by atoms with van der Waals surface area (Å²) >= 11 is 1.52. The first-order valence-corrected chi connectivity index (χ1v) is 11.0. The molecule has 0 fully saturated rings. The summed E-state index contributed by atoms with van der Waals surface area (Å²) in [5.41, 5.74) is 3.21. The van der Waals surface area contributed by atoms with Gasteiger partial charge in [-0.05, 0) is 60.7 Å². The minimum atomic E-state index is -0.221. The fraction of sp³-hybridized carbons (Fsp3) is 0. The molecule has 1 amide bonds. The number of hydrogen-bond donors (Lipinski definition) is 2. The zero-order valence-electron chi connectivity index (χ0n) is 17.3. The Morgan fingerprint density at radius 2 is 1.85 bits per heavy atom. The Bertz CT molecular complexity index is 1430. The minimum Gasteiger partial charge on any atom is -0.306 e. The first-order chi connectivity index (χ1) is 16.3. The van der Waals surface area contributed by atoms with Crippen molar-refractivity contribution in [2.75, 3.05) is 5.32 Å². The van der Waals surface area contributed by atoms with Gasteiger partial charge in [0.05, 0.1) is 22.5 Å². The van der Waals surface area contributed by atoms with Crippen LogP contribution in [0, 0.1) is 0 Å². The van der Waals surface area contributed by atoms with Crippen molar-refractivity contribution in [3.05, 3.63) is 102 Å². The lowest BCUT2D eigenvalue weighted by Crippen LogP contribution is -2.13. The van der Waals surface area contributed by atoms with Crippen molar-refractivity contribution in [1.82, 2.24) is 25.1 Å². The van der Waals surface area contributed by atoms with E-state index in [4.69, 9.17) is 0 Å². The standard InChI is InChI=1S/C25H18N6OS/c32-25(29-24-12-14-26-16-28-24)20-6-1-2-7-23(20)33-18-9-10-19-21(30-31-22(19)15-18)11-8-17-5-3-4-13-27-17/h1-16H,(H,30,31)(H,26,28,29,32)/b11-8+. The number of anilines is 1. The lowest BCUT2D eigenvalue weighted by Gasteiger charge is -2.09. The molecule has 8 heteroatoms. The molecule has 0 saturated carbocycles. The predicted molar refractivity (Wildman–Crippen MR) is 130 cm³/mol. The number of amides is 1. The third kappa shape index (κ3) is 4.81. The summed E-state index contributed by atoms with van der Waals surface area (Å²) in [4.78, 5) is 26.9. The molecule has 0 radical (unpaired) electrons. The highest BCUT2D eigenvalue weighted by Crippen LogP contribution is 2.33. The highest BCUT2D eigenvalue weighted by molar-refractivity contribution is 7.99. The average Bonchev–Trinajstić information content (AvgIpc) is 3.26. The van der Waals surface area contributed by atoms with Crippen LogP contribution in [0.25, 0.3) is 23.1 Å². The summed E-state index contributed by atoms with van der Waals surface area (Å²) in [6.45, 7) is 0. The van der Waals surface area contributed by atoms with E-state index in [2.05, 4.69) is 30.5 Å². The number of fused-ring (bicyclic) bond motifs is 1. The topological polar surface area (TPSA) is 96.5 Å². The van der Waals surface area contributed by atoms with Crippen molar-refractivity contribution in [2.24, 2.45) is 0 Å². The Kier molecular flexibility index (Phi) is 5.90. The van der Waals surface area contributed by atoms with Crippen molar-refractivity contribution >= 4 is 46.5 Å². The van der Waals surface area contributed by atoms with Gasteiger partial charge < -0.3 is 5.32 Å². The SMILES string of the molecule is O=C(Nc1ccncn1)c1ccccc1Sc1ccc2c(/C=C/c3ccccn3)n[nH]c2c1. The normalized spacial score (nSPS) is 11.2. The van der Waals surface area contributed by atoms with E-state index >= 15 is 0 Å². The number of aromatic amines is 1. The summed E-state index contributed by atoms with van der Waals surface area (Å²) in [6.07, 6.45) is 8.63. The molecule has 0 spiro atoms. The van der Waals surface area contributed by atoms with Crippen LogP contribution in [0.2, 0.25) is 0 Å². The molecule has 0 aliphatic heterocycles. The fourth-order valence-corrected chi connectivity index (χ4v) is 4.25. The Labute approximate surface area is 194 Å². The number of rotatable bonds is 6. The molecule has 0 bridgehead atoms. The zero-order valence-corrected chi connectivity index (χ0v) is 18.2. The first-order valence-electron chi connectivity index (χ1n) is 10.2. The monoisotopic (exact) mass is 450 g/mol. The molecule has 3 aromatic heterocycles. The van der Waals surface area contributed by atoms with Crippen LogP contribution in [0.1, 0.15) is 21.7 Å². The number of nitrogens with one attached hydrogen (secondary N) is 2. The molecule has 7 nitrogen and oxygen atoms in total. The van der Waals surface area contributed by atoms with E-state index in [1.54, 1.807) is 24.5 Å². The minimum absolute atomic E-state index is 0.221. The van der Waals surface area contributed by atoms with E-state index in [9.17, 15) is 4.79 Å². The molecule has 2 aromatic carbocycles. The number of benzene rings is 2. The van der Waals surface area contributed by atoms with E-state index < -0.39 is 0 Å². The number of carbonyl (C=O) groups is 1. The van der Waals surface area contributed by atoms with Gasteiger partial charge in [0.25, 0.3) is 5.91 Å². The molecule has 0 aliphatic rings. The Balaban J connectivity index is 1.37. The quantitative estimate of drug-likeness (QED) is 0.363. The lowest BCUT2D eigenvalue weighted by molar-refractivity contribution is 0.102. The van der Waals surface area contributed by atoms with Crippen LogP contribution in [0.15, 0.2) is 95.2 Å². The van der Waals surface area contributed by atoms with Gasteiger partial charge in [-0.1, -0.05) is 30.0 Å². The molecular formula is C25H18N6OS. The van der Waals surface area contributed by atoms with Gasteiger partial charge in [-0.3, -0.25) is 14.9 Å². The Hall–Kier alpha value is -4.30. The highest BCUT2D eigenvalue weighted by Gasteiger charge is 2.13. The largest absolute Gasteiger partial charge is 0.306 e. The molecule has 0 atom stereocenters. The summed E-state index contributed by atoms with van der Waals surface area (Å²) < 4.78 is 0. The Morgan fingerprint density at radius 3 is 2.70 bits per heavy atom. The summed E-state index contributed by atoms with van der Waals surface area (Å²) in [6, 6.07) is 21.0. The smallest absolute Gasteiger partial charge is 0.257 e. The van der Waals surface area contributed by atoms with Crippen LogP contribution >= 0.6 is 11.8 Å². The molecule has 5 aromatic rings. The maximum atomic E-state index is 12.8. The van der Waals surface area contributed by atoms with E-state index in [0.717, 1.165) is 32.1 Å². The maximum Gasteiger partial charge on any atom is 0.257 e. The van der Waals surface area contributed by atoms with Gasteiger partial charge >= 0.3 is 0 Å². The molecule has 0 aliphatic carbocycles. The van der Waals surface area contributed by atoms with Gasteiger partial charge in [0.15, 0.2) is 0 Å². The van der Waals surface area contributed by atoms with Gasteiger partial charge in [0.2, 0.25) is 0 Å². The van der Waals surface area contributed by atoms with Crippen molar-refractivity contribution in [1.29, 1.82) is 0 Å². The van der Waals surface area contributed by atoms with E-state index in [1.807, 2.05) is 66.7 Å². The number of carbonyl (C=O) groups excluding carboxylic acids is 1. The number of pyridine rings is 1. The summed E-state index contributed by atoms with van der Waals surface area (Å²) in [5, 5.41) is 11.3. The van der Waals surface area contributed by atoms with Crippen molar-refractivity contribution in [3.63, 3.8) is 0 Å². The molecule has 5 rings (SSSR count). The molecule has 0 saturated heterocycles. The number of nitrogens with zero attached hydrogens (tertiary/aromatic N) is 4. The molecular weight excluding hydrogens is 432 g/mol. The van der Waals surface area contributed by atoms with Gasteiger partial charge in [0.1, 0.15) is 12.1 Å². The van der Waals surface area contributed by atoms with E-state index in [-0.39, 0.29) is 5.91 Å². The second-order valence-corrected chi connectivity index (χ2v) is 8.17. The van der Waals surface area contributed by atoms with Crippen molar-refractivity contribution in [2.45, 2.75) is 9.79 Å². The first kappa shape index (κ1) is 20.6. The van der Waals surface area contributed by atoms with Crippen LogP contribution < -0.4 is 5.32 Å². The van der Waals surface area contributed by atoms with Crippen LogP contribution in [0.5, 0.6) is 0 Å². The van der Waals surface area contributed by atoms with Crippen molar-refractivity contribution in [3.8, 4) is 0 Å². The molecule has 2 N–H and O–H groups in total. The van der Waals surface area contributed by atoms with Gasteiger partial charge in [0, 0.05) is 27.6 Å². The Morgan fingerprint density at radius 1 is 0.939 bits per heavy atom. The molecule has 33 heavy (non-hydrogen) atoms. The highest BCUT2D eigenvalue weighted by atomic mass is 32.2. The van der Waals surface area contributed by atoms with Crippen LogP contribution in [0.3, 0.4) is 0 Å². The number of H-pyrrole nitrogens is 1. The molecule has 0 unspecified atom stereocenters. The van der Waals surface area contributed by atoms with Gasteiger partial charge in [-0.2, -0.15) is 5.10 Å².